The van der Waals surface area contributed by atoms with E-state index in [2.05, 4.69) is 25.9 Å². The van der Waals surface area contributed by atoms with Gasteiger partial charge in [-0.15, -0.1) is 0 Å². The molecule has 1 aliphatic heterocycles. The van der Waals surface area contributed by atoms with Crippen molar-refractivity contribution in [1.82, 2.24) is 14.9 Å². The fraction of sp³-hybridized carbons (Fsp3) is 0.526. The number of carbonyl (C=O) groups excluding carboxylic acids is 1. The summed E-state index contributed by atoms with van der Waals surface area (Å²) in [7, 11) is 0. The normalized spacial score (nSPS) is 15.2. The minimum atomic E-state index is -0.533. The molecule has 1 amide bonds. The fourth-order valence-electron chi connectivity index (χ4n) is 3.03. The van der Waals surface area contributed by atoms with Gasteiger partial charge in [0.05, 0.1) is 9.50 Å². The molecule has 0 N–H and O–H groups in total. The molecular weight excluding hydrogens is 451 g/mol. The van der Waals surface area contributed by atoms with Crippen molar-refractivity contribution in [3.8, 4) is 0 Å². The van der Waals surface area contributed by atoms with Crippen LogP contribution in [0.1, 0.15) is 33.5 Å². The first kappa shape index (κ1) is 21.0. The van der Waals surface area contributed by atoms with Crippen LogP contribution in [0.3, 0.4) is 0 Å². The van der Waals surface area contributed by atoms with Crippen LogP contribution >= 0.6 is 27.5 Å². The maximum atomic E-state index is 14.7. The van der Waals surface area contributed by atoms with Gasteiger partial charge in [-0.05, 0) is 42.8 Å². The monoisotopic (exact) mass is 472 g/mol. The van der Waals surface area contributed by atoms with E-state index in [1.54, 1.807) is 11.0 Å². The number of carbonyl (C=O) groups is 1. The Morgan fingerprint density at radius 3 is 2.50 bits per heavy atom. The number of hydrogen-bond acceptors (Lipinski definition) is 5. The van der Waals surface area contributed by atoms with Gasteiger partial charge >= 0.3 is 6.09 Å². The molecule has 0 spiro atoms. The van der Waals surface area contributed by atoms with Crippen LogP contribution in [-0.2, 0) is 11.2 Å². The van der Waals surface area contributed by atoms with Crippen LogP contribution < -0.4 is 4.90 Å². The van der Waals surface area contributed by atoms with Crippen molar-refractivity contribution < 1.29 is 13.9 Å². The molecule has 9 heteroatoms. The van der Waals surface area contributed by atoms with Crippen LogP contribution in [0.25, 0.3) is 10.9 Å². The fourth-order valence-corrected chi connectivity index (χ4v) is 3.52. The first-order valence-electron chi connectivity index (χ1n) is 9.17. The van der Waals surface area contributed by atoms with E-state index in [0.717, 1.165) is 0 Å². The predicted molar refractivity (Wildman–Crippen MR) is 112 cm³/mol. The molecule has 1 aliphatic rings. The Bertz CT molecular complexity index is 911. The van der Waals surface area contributed by atoms with Crippen LogP contribution in [0, 0.1) is 5.82 Å². The van der Waals surface area contributed by atoms with E-state index in [0.29, 0.717) is 49.6 Å². The summed E-state index contributed by atoms with van der Waals surface area (Å²) in [4.78, 5) is 25.0. The summed E-state index contributed by atoms with van der Waals surface area (Å²) in [6.45, 7) is 9.57. The third-order valence-electron chi connectivity index (χ3n) is 4.40. The van der Waals surface area contributed by atoms with Gasteiger partial charge in [-0.2, -0.15) is 0 Å². The van der Waals surface area contributed by atoms with Gasteiger partial charge < -0.3 is 14.5 Å². The van der Waals surface area contributed by atoms with Gasteiger partial charge in [0.1, 0.15) is 22.8 Å². The summed E-state index contributed by atoms with van der Waals surface area (Å²) >= 11 is 9.35. The lowest BCUT2D eigenvalue weighted by atomic mass is 10.2. The number of halogens is 3. The van der Waals surface area contributed by atoms with Crippen LogP contribution in [0.2, 0.25) is 5.02 Å². The zero-order valence-corrected chi connectivity index (χ0v) is 18.7. The maximum Gasteiger partial charge on any atom is 0.410 e. The first-order valence-corrected chi connectivity index (χ1v) is 10.3. The van der Waals surface area contributed by atoms with E-state index < -0.39 is 11.4 Å². The van der Waals surface area contributed by atoms with E-state index in [-0.39, 0.29) is 21.1 Å². The van der Waals surface area contributed by atoms with Crippen molar-refractivity contribution in [2.45, 2.75) is 39.7 Å². The lowest BCUT2D eigenvalue weighted by molar-refractivity contribution is 0.0240. The summed E-state index contributed by atoms with van der Waals surface area (Å²) < 4.78 is 20.4. The molecule has 0 unspecified atom stereocenters. The average Bonchev–Trinajstić information content (AvgIpc) is 2.64. The second-order valence-electron chi connectivity index (χ2n) is 7.65. The van der Waals surface area contributed by atoms with Gasteiger partial charge in [0.25, 0.3) is 0 Å². The molecule has 0 atom stereocenters. The molecule has 1 fully saturated rings. The van der Waals surface area contributed by atoms with E-state index in [1.165, 1.54) is 0 Å². The number of piperazine rings is 1. The molecule has 6 nitrogen and oxygen atoms in total. The second kappa shape index (κ2) is 7.99. The van der Waals surface area contributed by atoms with Crippen LogP contribution in [0.15, 0.2) is 10.5 Å². The Morgan fingerprint density at radius 1 is 1.29 bits per heavy atom. The number of nitrogens with zero attached hydrogens (tertiary/aromatic N) is 4. The van der Waals surface area contributed by atoms with Crippen molar-refractivity contribution in [3.05, 3.63) is 27.2 Å². The van der Waals surface area contributed by atoms with Crippen LogP contribution in [0.5, 0.6) is 0 Å². The molecule has 1 aromatic carbocycles. The first-order chi connectivity index (χ1) is 13.1. The van der Waals surface area contributed by atoms with Gasteiger partial charge in [0.15, 0.2) is 5.82 Å². The molecule has 0 aliphatic carbocycles. The Balaban J connectivity index is 1.89. The number of benzene rings is 1. The van der Waals surface area contributed by atoms with Gasteiger partial charge in [0, 0.05) is 38.0 Å². The number of hydrogen-bond donors (Lipinski definition) is 0. The molecule has 28 heavy (non-hydrogen) atoms. The number of aromatic nitrogens is 2. The quantitative estimate of drug-likeness (QED) is 0.586. The highest BCUT2D eigenvalue weighted by Gasteiger charge is 2.28. The zero-order valence-electron chi connectivity index (χ0n) is 16.4. The topological polar surface area (TPSA) is 58.6 Å². The molecule has 0 bridgehead atoms. The lowest BCUT2D eigenvalue weighted by Crippen LogP contribution is -2.50. The van der Waals surface area contributed by atoms with E-state index in [4.69, 9.17) is 16.3 Å². The maximum absolute atomic E-state index is 14.7. The summed E-state index contributed by atoms with van der Waals surface area (Å²) in [5.74, 6) is 0.706. The minimum absolute atomic E-state index is 0.197. The summed E-state index contributed by atoms with van der Waals surface area (Å²) in [5.41, 5.74) is -0.290. The molecule has 3 rings (SSSR count). The van der Waals surface area contributed by atoms with Crippen molar-refractivity contribution in [2.75, 3.05) is 31.1 Å². The van der Waals surface area contributed by atoms with Gasteiger partial charge in [0.2, 0.25) is 0 Å². The van der Waals surface area contributed by atoms with Crippen molar-refractivity contribution in [3.63, 3.8) is 0 Å². The summed E-state index contributed by atoms with van der Waals surface area (Å²) in [6.07, 6.45) is 0.257. The SMILES string of the molecule is CCc1nc(N2CCN(C(=O)OC(C)(C)C)CC2)c2cc(Cl)c(Br)c(F)c2n1. The molecule has 1 saturated heterocycles. The van der Waals surface area contributed by atoms with Crippen molar-refractivity contribution in [1.29, 1.82) is 0 Å². The number of amides is 1. The number of fused-ring (bicyclic) bond motifs is 1. The Hall–Kier alpha value is -1.67. The minimum Gasteiger partial charge on any atom is -0.444 e. The third-order valence-corrected chi connectivity index (χ3v) is 5.70. The average molecular weight is 474 g/mol. The molecule has 1 aromatic heterocycles. The Kier molecular flexibility index (Phi) is 6.00. The summed E-state index contributed by atoms with van der Waals surface area (Å²) in [6, 6.07) is 1.68. The molecule has 2 heterocycles. The van der Waals surface area contributed by atoms with Gasteiger partial charge in [-0.25, -0.2) is 19.2 Å². The van der Waals surface area contributed by atoms with E-state index in [9.17, 15) is 9.18 Å². The van der Waals surface area contributed by atoms with Gasteiger partial charge in [-0.1, -0.05) is 18.5 Å². The van der Waals surface area contributed by atoms with Crippen LogP contribution in [0.4, 0.5) is 15.0 Å². The standard InChI is InChI=1S/C19H23BrClFN4O2/c1-5-13-23-16-11(10-12(21)14(20)15(16)22)17(24-13)25-6-8-26(9-7-25)18(27)28-19(2,3)4/h10H,5-9H2,1-4H3. The second-order valence-corrected chi connectivity index (χ2v) is 8.85. The Labute approximate surface area is 177 Å². The van der Waals surface area contributed by atoms with Crippen molar-refractivity contribution in [2.24, 2.45) is 0 Å². The highest BCUT2D eigenvalue weighted by molar-refractivity contribution is 9.10. The molecule has 0 radical (unpaired) electrons. The molecular formula is C19H23BrClFN4O2. The lowest BCUT2D eigenvalue weighted by Gasteiger charge is -2.36. The largest absolute Gasteiger partial charge is 0.444 e. The summed E-state index contributed by atoms with van der Waals surface area (Å²) in [5, 5.41) is 0.833. The van der Waals surface area contributed by atoms with Gasteiger partial charge in [-0.3, -0.25) is 0 Å². The smallest absolute Gasteiger partial charge is 0.410 e. The molecule has 0 saturated carbocycles. The van der Waals surface area contributed by atoms with Crippen LogP contribution in [-0.4, -0.2) is 52.7 Å². The molecule has 152 valence electrons. The Morgan fingerprint density at radius 2 is 1.93 bits per heavy atom. The van der Waals surface area contributed by atoms with E-state index in [1.807, 2.05) is 32.6 Å². The number of ether oxygens (including phenoxy) is 1. The van der Waals surface area contributed by atoms with Crippen molar-refractivity contribution >= 4 is 50.3 Å². The number of rotatable bonds is 2. The molecule has 2 aromatic rings. The highest BCUT2D eigenvalue weighted by atomic mass is 79.9. The third kappa shape index (κ3) is 4.33. The number of anilines is 1. The van der Waals surface area contributed by atoms with E-state index >= 15 is 0 Å². The zero-order chi connectivity index (χ0) is 20.6. The predicted octanol–water partition coefficient (Wildman–Crippen LogP) is 4.80. The number of aryl methyl sites for hydroxylation is 1. The highest BCUT2D eigenvalue weighted by Crippen LogP contribution is 2.35.